The number of nitrogens with zero attached hydrogens (tertiary/aromatic N) is 2. The fourth-order valence-corrected chi connectivity index (χ4v) is 3.24. The van der Waals surface area contributed by atoms with E-state index >= 15 is 0 Å². The fraction of sp³-hybridized carbons (Fsp3) is 0.571. The van der Waals surface area contributed by atoms with Crippen LogP contribution in [-0.2, 0) is 9.84 Å². The molecule has 5 nitrogen and oxygen atoms in total. The Morgan fingerprint density at radius 3 is 2.71 bits per heavy atom. The molecule has 0 aromatic carbocycles. The summed E-state index contributed by atoms with van der Waals surface area (Å²) in [7, 11) is -2.84. The molecule has 1 saturated heterocycles. The van der Waals surface area contributed by atoms with Gasteiger partial charge in [0.2, 0.25) is 0 Å². The van der Waals surface area contributed by atoms with Gasteiger partial charge in [-0.1, -0.05) is 0 Å². The van der Waals surface area contributed by atoms with E-state index in [0.29, 0.717) is 12.1 Å². The zero-order valence-electron chi connectivity index (χ0n) is 7.46. The van der Waals surface area contributed by atoms with Crippen LogP contribution < -0.4 is 5.73 Å². The van der Waals surface area contributed by atoms with E-state index in [1.54, 1.807) is 10.9 Å². The molecule has 2 rings (SSSR count). The van der Waals surface area contributed by atoms with Crippen molar-refractivity contribution >= 4 is 27.9 Å². The molecule has 0 amide bonds. The second-order valence-corrected chi connectivity index (χ2v) is 5.54. The number of sulfone groups is 1. The normalized spacial score (nSPS) is 24.4. The molecule has 2 N–H and O–H groups in total. The Morgan fingerprint density at radius 2 is 2.29 bits per heavy atom. The molecule has 1 aromatic heterocycles. The third kappa shape index (κ3) is 2.19. The van der Waals surface area contributed by atoms with Crippen LogP contribution in [0.4, 0.5) is 5.69 Å². The highest BCUT2D eigenvalue weighted by Gasteiger charge is 2.29. The van der Waals surface area contributed by atoms with Crippen LogP contribution in [0.2, 0.25) is 0 Å². The van der Waals surface area contributed by atoms with Gasteiger partial charge in [0, 0.05) is 6.20 Å². The van der Waals surface area contributed by atoms with Crippen LogP contribution in [0.15, 0.2) is 12.4 Å². The van der Waals surface area contributed by atoms with Crippen molar-refractivity contribution in [2.45, 2.75) is 12.5 Å². The molecule has 1 unspecified atom stereocenters. The molecule has 0 saturated carbocycles. The molecule has 1 aliphatic rings. The lowest BCUT2D eigenvalue weighted by Gasteiger charge is -2.06. The maximum atomic E-state index is 11.1. The van der Waals surface area contributed by atoms with Crippen LogP contribution in [0, 0.1) is 0 Å². The summed E-state index contributed by atoms with van der Waals surface area (Å²) in [6.45, 7) is 0. The van der Waals surface area contributed by atoms with Gasteiger partial charge in [-0.2, -0.15) is 5.10 Å². The largest absolute Gasteiger partial charge is 0.396 e. The van der Waals surface area contributed by atoms with Crippen molar-refractivity contribution < 1.29 is 8.42 Å². The Kier molecular flexibility index (Phi) is 3.06. The maximum Gasteiger partial charge on any atom is 0.152 e. The third-order valence-electron chi connectivity index (χ3n) is 2.20. The summed E-state index contributed by atoms with van der Waals surface area (Å²) >= 11 is 0. The van der Waals surface area contributed by atoms with Crippen LogP contribution in [0.5, 0.6) is 0 Å². The summed E-state index contributed by atoms with van der Waals surface area (Å²) in [5.74, 6) is 0.450. The van der Waals surface area contributed by atoms with Crippen LogP contribution >= 0.6 is 12.4 Å². The minimum atomic E-state index is -2.84. The Bertz CT molecular complexity index is 414. The first-order valence-corrected chi connectivity index (χ1v) is 5.89. The van der Waals surface area contributed by atoms with Gasteiger partial charge in [-0.25, -0.2) is 8.42 Å². The first-order chi connectivity index (χ1) is 6.07. The molecule has 1 aliphatic heterocycles. The number of aromatic nitrogens is 2. The number of anilines is 1. The Hall–Kier alpha value is -0.750. The van der Waals surface area contributed by atoms with E-state index in [4.69, 9.17) is 5.73 Å². The third-order valence-corrected chi connectivity index (χ3v) is 3.95. The summed E-state index contributed by atoms with van der Waals surface area (Å²) in [5, 5.41) is 3.99. The lowest BCUT2D eigenvalue weighted by molar-refractivity contribution is 0.500. The standard InChI is InChI=1S/C7H11N3O2S.ClH/c8-6-3-9-10(4-6)7-1-2-13(11,12)5-7;/h3-4,7H,1-2,5,8H2;1H. The molecule has 1 aromatic rings. The van der Waals surface area contributed by atoms with Gasteiger partial charge in [0.1, 0.15) is 0 Å². The SMILES string of the molecule is Cl.Nc1cnn(C2CCS(=O)(=O)C2)c1. The predicted molar refractivity (Wildman–Crippen MR) is 56.2 cm³/mol. The van der Waals surface area contributed by atoms with Crippen molar-refractivity contribution in [3.63, 3.8) is 0 Å². The van der Waals surface area contributed by atoms with E-state index in [9.17, 15) is 8.42 Å². The Balaban J connectivity index is 0.000000980. The molecule has 0 spiro atoms. The number of rotatable bonds is 1. The van der Waals surface area contributed by atoms with Gasteiger partial charge < -0.3 is 5.73 Å². The predicted octanol–water partition coefficient (Wildman–Crippen LogP) is 0.247. The number of hydrogen-bond acceptors (Lipinski definition) is 4. The number of hydrogen-bond donors (Lipinski definition) is 1. The van der Waals surface area contributed by atoms with E-state index in [2.05, 4.69) is 5.10 Å². The molecule has 14 heavy (non-hydrogen) atoms. The summed E-state index contributed by atoms with van der Waals surface area (Å²) < 4.78 is 23.9. The average Bonchev–Trinajstić information content (AvgIpc) is 2.56. The highest BCUT2D eigenvalue weighted by molar-refractivity contribution is 7.91. The van der Waals surface area contributed by atoms with E-state index in [-0.39, 0.29) is 30.0 Å². The van der Waals surface area contributed by atoms with Crippen molar-refractivity contribution in [3.05, 3.63) is 12.4 Å². The molecule has 80 valence electrons. The molecule has 7 heteroatoms. The fourth-order valence-electron chi connectivity index (χ4n) is 1.54. The molecule has 0 aliphatic carbocycles. The van der Waals surface area contributed by atoms with Gasteiger partial charge in [0.15, 0.2) is 9.84 Å². The molecule has 1 atom stereocenters. The minimum absolute atomic E-state index is 0. The maximum absolute atomic E-state index is 11.1. The molecule has 0 bridgehead atoms. The van der Waals surface area contributed by atoms with Crippen molar-refractivity contribution in [2.24, 2.45) is 0 Å². The number of halogens is 1. The zero-order chi connectivity index (χ0) is 9.47. The number of nitrogens with two attached hydrogens (primary N) is 1. The topological polar surface area (TPSA) is 78.0 Å². The van der Waals surface area contributed by atoms with E-state index < -0.39 is 9.84 Å². The molecular weight excluding hydrogens is 226 g/mol. The highest BCUT2D eigenvalue weighted by atomic mass is 35.5. The van der Waals surface area contributed by atoms with Gasteiger partial charge >= 0.3 is 0 Å². The summed E-state index contributed by atoms with van der Waals surface area (Å²) in [5.41, 5.74) is 6.05. The van der Waals surface area contributed by atoms with Crippen molar-refractivity contribution in [1.29, 1.82) is 0 Å². The van der Waals surface area contributed by atoms with E-state index in [1.807, 2.05) is 0 Å². The minimum Gasteiger partial charge on any atom is -0.396 e. The first kappa shape index (κ1) is 11.3. The quantitative estimate of drug-likeness (QED) is 0.759. The zero-order valence-corrected chi connectivity index (χ0v) is 9.09. The highest BCUT2D eigenvalue weighted by Crippen LogP contribution is 2.23. The van der Waals surface area contributed by atoms with Crippen LogP contribution in [0.25, 0.3) is 0 Å². The van der Waals surface area contributed by atoms with E-state index in [1.165, 1.54) is 6.20 Å². The average molecular weight is 238 g/mol. The van der Waals surface area contributed by atoms with Crippen molar-refractivity contribution in [2.75, 3.05) is 17.2 Å². The van der Waals surface area contributed by atoms with Crippen molar-refractivity contribution in [1.82, 2.24) is 9.78 Å². The second-order valence-electron chi connectivity index (χ2n) is 3.31. The Morgan fingerprint density at radius 1 is 1.57 bits per heavy atom. The summed E-state index contributed by atoms with van der Waals surface area (Å²) in [4.78, 5) is 0. The van der Waals surface area contributed by atoms with Crippen LogP contribution in [0.1, 0.15) is 12.5 Å². The van der Waals surface area contributed by atoms with Gasteiger partial charge in [-0.05, 0) is 6.42 Å². The lowest BCUT2D eigenvalue weighted by atomic mass is 10.3. The monoisotopic (exact) mass is 237 g/mol. The lowest BCUT2D eigenvalue weighted by Crippen LogP contribution is -2.11. The van der Waals surface area contributed by atoms with E-state index in [0.717, 1.165) is 0 Å². The smallest absolute Gasteiger partial charge is 0.152 e. The molecular formula is C7H12ClN3O2S. The molecule has 0 radical (unpaired) electrons. The van der Waals surface area contributed by atoms with Crippen LogP contribution in [0.3, 0.4) is 0 Å². The Labute approximate surface area is 88.6 Å². The first-order valence-electron chi connectivity index (χ1n) is 4.07. The van der Waals surface area contributed by atoms with Crippen LogP contribution in [-0.4, -0.2) is 29.7 Å². The van der Waals surface area contributed by atoms with Gasteiger partial charge in [0.05, 0.1) is 29.4 Å². The molecule has 1 fully saturated rings. The van der Waals surface area contributed by atoms with Gasteiger partial charge in [0.25, 0.3) is 0 Å². The van der Waals surface area contributed by atoms with Gasteiger partial charge in [-0.3, -0.25) is 4.68 Å². The molecule has 2 heterocycles. The number of nitrogen functional groups attached to an aromatic ring is 1. The second kappa shape index (κ2) is 3.78. The van der Waals surface area contributed by atoms with Crippen molar-refractivity contribution in [3.8, 4) is 0 Å². The van der Waals surface area contributed by atoms with Gasteiger partial charge in [-0.15, -0.1) is 12.4 Å². The summed E-state index contributed by atoms with van der Waals surface area (Å²) in [6.07, 6.45) is 3.85. The summed E-state index contributed by atoms with van der Waals surface area (Å²) in [6, 6.07) is -0.0256.